The molecule has 2 aromatic heterocycles. The number of aryl methyl sites for hydroxylation is 1. The van der Waals surface area contributed by atoms with E-state index in [1.807, 2.05) is 0 Å². The second-order valence-corrected chi connectivity index (χ2v) is 7.79. The van der Waals surface area contributed by atoms with Crippen LogP contribution in [0.4, 0.5) is 33.6 Å². The Morgan fingerprint density at radius 3 is 2.48 bits per heavy atom. The van der Waals surface area contributed by atoms with Crippen molar-refractivity contribution in [3.8, 4) is 5.95 Å². The number of carbonyl (C=O) groups is 1. The molecule has 4 rings (SSSR count). The first-order valence-corrected chi connectivity index (χ1v) is 9.24. The predicted octanol–water partition coefficient (Wildman–Crippen LogP) is 3.76. The van der Waals surface area contributed by atoms with E-state index in [0.717, 1.165) is 0 Å². The highest BCUT2D eigenvalue weighted by atomic mass is 19.4. The van der Waals surface area contributed by atoms with Crippen LogP contribution in [0.1, 0.15) is 31.5 Å². The molecule has 0 bridgehead atoms. The van der Waals surface area contributed by atoms with E-state index in [9.17, 15) is 26.7 Å². The number of para-hydroxylation sites is 1. The van der Waals surface area contributed by atoms with Crippen molar-refractivity contribution >= 4 is 28.4 Å². The van der Waals surface area contributed by atoms with Gasteiger partial charge in [0.2, 0.25) is 5.91 Å². The Bertz CT molecular complexity index is 1200. The first-order valence-electron chi connectivity index (χ1n) is 9.24. The molecule has 0 radical (unpaired) electrons. The molecule has 0 fully saturated rings. The number of aromatic nitrogens is 4. The molecule has 1 aliphatic rings. The lowest BCUT2D eigenvalue weighted by atomic mass is 9.87. The van der Waals surface area contributed by atoms with Crippen LogP contribution in [0.2, 0.25) is 0 Å². The molecule has 7 nitrogen and oxygen atoms in total. The third-order valence-electron chi connectivity index (χ3n) is 5.29. The van der Waals surface area contributed by atoms with Crippen LogP contribution in [0.3, 0.4) is 0 Å². The highest BCUT2D eigenvalue weighted by Crippen LogP contribution is 2.41. The molecule has 1 amide bonds. The maximum absolute atomic E-state index is 13.4. The van der Waals surface area contributed by atoms with Crippen LogP contribution in [0.25, 0.3) is 16.9 Å². The van der Waals surface area contributed by atoms with Gasteiger partial charge in [0.15, 0.2) is 0 Å². The van der Waals surface area contributed by atoms with E-state index in [-0.39, 0.29) is 29.2 Å². The maximum atomic E-state index is 13.4. The molecule has 164 valence electrons. The first-order chi connectivity index (χ1) is 14.3. The number of fused-ring (bicyclic) bond motifs is 2. The van der Waals surface area contributed by atoms with Crippen LogP contribution in [-0.2, 0) is 16.6 Å². The summed E-state index contributed by atoms with van der Waals surface area (Å²) in [7, 11) is 0. The fourth-order valence-corrected chi connectivity index (χ4v) is 3.53. The highest BCUT2D eigenvalue weighted by Gasteiger charge is 2.56. The third kappa shape index (κ3) is 3.26. The van der Waals surface area contributed by atoms with Crippen molar-refractivity contribution in [2.24, 2.45) is 0 Å². The van der Waals surface area contributed by atoms with E-state index in [2.05, 4.69) is 20.4 Å². The molecular formula is C19H17F5N6O. The van der Waals surface area contributed by atoms with Gasteiger partial charge < -0.3 is 11.1 Å². The minimum absolute atomic E-state index is 0.0339. The smallest absolute Gasteiger partial charge is 0.383 e. The van der Waals surface area contributed by atoms with Gasteiger partial charge in [-0.2, -0.15) is 41.7 Å². The van der Waals surface area contributed by atoms with Gasteiger partial charge in [0, 0.05) is 11.8 Å². The fraction of sp³-hybridized carbons (Fsp3) is 0.368. The van der Waals surface area contributed by atoms with Crippen molar-refractivity contribution in [2.45, 2.75) is 44.2 Å². The van der Waals surface area contributed by atoms with E-state index < -0.39 is 30.4 Å². The second kappa shape index (κ2) is 6.59. The fourth-order valence-electron chi connectivity index (χ4n) is 3.53. The highest BCUT2D eigenvalue weighted by molar-refractivity contribution is 6.06. The number of rotatable bonds is 4. The first kappa shape index (κ1) is 20.9. The lowest BCUT2D eigenvalue weighted by molar-refractivity contribution is -0.284. The largest absolute Gasteiger partial charge is 0.453 e. The maximum Gasteiger partial charge on any atom is 0.453 e. The summed E-state index contributed by atoms with van der Waals surface area (Å²) in [6, 6.07) is 6.42. The lowest BCUT2D eigenvalue weighted by Gasteiger charge is -2.18. The number of nitrogens with one attached hydrogen (secondary N) is 1. The summed E-state index contributed by atoms with van der Waals surface area (Å²) in [6.45, 7) is 3.32. The molecule has 3 N–H and O–H groups in total. The molecule has 0 unspecified atom stereocenters. The summed E-state index contributed by atoms with van der Waals surface area (Å²) < 4.78 is 65.7. The number of hydrogen-bond acceptors (Lipinski definition) is 5. The molecule has 3 aromatic rings. The van der Waals surface area contributed by atoms with Crippen molar-refractivity contribution < 1.29 is 26.7 Å². The number of nitrogen functional groups attached to an aromatic ring is 1. The number of benzene rings is 1. The molecule has 0 saturated carbocycles. The van der Waals surface area contributed by atoms with Gasteiger partial charge in [0.25, 0.3) is 5.95 Å². The van der Waals surface area contributed by atoms with Gasteiger partial charge in [0.1, 0.15) is 11.6 Å². The molecule has 12 heteroatoms. The van der Waals surface area contributed by atoms with E-state index in [1.54, 1.807) is 38.1 Å². The van der Waals surface area contributed by atoms with Crippen LogP contribution in [-0.4, -0.2) is 37.8 Å². The summed E-state index contributed by atoms with van der Waals surface area (Å²) in [4.78, 5) is 20.7. The van der Waals surface area contributed by atoms with Gasteiger partial charge >= 0.3 is 12.1 Å². The quantitative estimate of drug-likeness (QED) is 0.602. The minimum Gasteiger partial charge on any atom is -0.383 e. The molecular weight excluding hydrogens is 423 g/mol. The van der Waals surface area contributed by atoms with Crippen LogP contribution < -0.4 is 11.1 Å². The number of halogens is 5. The van der Waals surface area contributed by atoms with Crippen molar-refractivity contribution in [3.63, 3.8) is 0 Å². The van der Waals surface area contributed by atoms with Crippen LogP contribution in [0, 0.1) is 0 Å². The summed E-state index contributed by atoms with van der Waals surface area (Å²) >= 11 is 0. The summed E-state index contributed by atoms with van der Waals surface area (Å²) in [6.07, 6.45) is -7.72. The number of anilines is 2. The lowest BCUT2D eigenvalue weighted by Crippen LogP contribution is -2.36. The molecule has 3 heterocycles. The van der Waals surface area contributed by atoms with E-state index in [0.29, 0.717) is 16.5 Å². The van der Waals surface area contributed by atoms with Gasteiger partial charge in [-0.05, 0) is 26.3 Å². The minimum atomic E-state index is -5.64. The predicted molar refractivity (Wildman–Crippen MR) is 102 cm³/mol. The van der Waals surface area contributed by atoms with Crippen LogP contribution in [0.5, 0.6) is 0 Å². The Balaban J connectivity index is 1.78. The Labute approximate surface area is 172 Å². The van der Waals surface area contributed by atoms with Crippen molar-refractivity contribution in [1.29, 1.82) is 0 Å². The SMILES string of the molecule is CC1(C)C(=O)Nc2nc(-n3nc(CCC(F)(F)C(F)(F)F)c4ccccc43)nc(N)c21. The van der Waals surface area contributed by atoms with Gasteiger partial charge in [-0.15, -0.1) is 0 Å². The summed E-state index contributed by atoms with van der Waals surface area (Å²) in [5.74, 6) is -4.97. The molecule has 0 atom stereocenters. The number of nitrogens with two attached hydrogens (primary N) is 1. The summed E-state index contributed by atoms with van der Waals surface area (Å²) in [5, 5.41) is 7.19. The molecule has 1 aliphatic heterocycles. The zero-order chi connectivity index (χ0) is 22.8. The summed E-state index contributed by atoms with van der Waals surface area (Å²) in [5.41, 5.74) is 5.96. The number of nitrogens with zero attached hydrogens (tertiary/aromatic N) is 4. The number of hydrogen-bond donors (Lipinski definition) is 2. The van der Waals surface area contributed by atoms with Crippen LogP contribution >= 0.6 is 0 Å². The van der Waals surface area contributed by atoms with Crippen molar-refractivity contribution in [2.75, 3.05) is 11.1 Å². The Morgan fingerprint density at radius 2 is 1.81 bits per heavy atom. The van der Waals surface area contributed by atoms with E-state index in [4.69, 9.17) is 5.73 Å². The monoisotopic (exact) mass is 440 g/mol. The van der Waals surface area contributed by atoms with Crippen LogP contribution in [0.15, 0.2) is 24.3 Å². The third-order valence-corrected chi connectivity index (χ3v) is 5.29. The molecule has 31 heavy (non-hydrogen) atoms. The molecule has 0 spiro atoms. The van der Waals surface area contributed by atoms with Gasteiger partial charge in [-0.1, -0.05) is 18.2 Å². The molecule has 1 aromatic carbocycles. The normalized spacial score (nSPS) is 15.9. The molecule has 0 saturated heterocycles. The Hall–Kier alpha value is -3.31. The Kier molecular flexibility index (Phi) is 4.45. The Morgan fingerprint density at radius 1 is 1.13 bits per heavy atom. The van der Waals surface area contributed by atoms with Gasteiger partial charge in [-0.25, -0.2) is 0 Å². The zero-order valence-electron chi connectivity index (χ0n) is 16.4. The molecule has 0 aliphatic carbocycles. The van der Waals surface area contributed by atoms with Crippen molar-refractivity contribution in [1.82, 2.24) is 19.7 Å². The number of alkyl halides is 5. The van der Waals surface area contributed by atoms with Gasteiger partial charge in [0.05, 0.1) is 22.2 Å². The van der Waals surface area contributed by atoms with E-state index >= 15 is 0 Å². The van der Waals surface area contributed by atoms with E-state index in [1.165, 1.54) is 4.68 Å². The average molecular weight is 440 g/mol. The van der Waals surface area contributed by atoms with Gasteiger partial charge in [-0.3, -0.25) is 4.79 Å². The zero-order valence-corrected chi connectivity index (χ0v) is 16.4. The van der Waals surface area contributed by atoms with Crippen molar-refractivity contribution in [3.05, 3.63) is 35.5 Å². The average Bonchev–Trinajstić information content (AvgIpc) is 3.14. The standard InChI is InChI=1S/C19H17F5N6O/c1-17(2)12-13(25)26-16(28-14(12)27-15(17)31)30-11-6-4-3-5-9(11)10(29-30)7-8-18(20,21)19(22,23)24/h3-6H,7-8H2,1-2H3,(H3,25,26,27,28,31). The topological polar surface area (TPSA) is 98.7 Å². The number of amides is 1. The number of carbonyl (C=O) groups excluding carboxylic acids is 1. The second-order valence-electron chi connectivity index (χ2n) is 7.79.